The van der Waals surface area contributed by atoms with Crippen LogP contribution in [0.25, 0.3) is 11.1 Å². The van der Waals surface area contributed by atoms with E-state index in [0.717, 1.165) is 11.3 Å². The van der Waals surface area contributed by atoms with Crippen molar-refractivity contribution in [3.8, 4) is 11.1 Å². The Kier molecular flexibility index (Phi) is 4.30. The number of nitrogens with one attached hydrogen (secondary N) is 1. The van der Waals surface area contributed by atoms with E-state index in [2.05, 4.69) is 59.9 Å². The second-order valence-electron chi connectivity index (χ2n) is 5.14. The molecule has 2 heteroatoms. The van der Waals surface area contributed by atoms with Gasteiger partial charge in [-0.15, -0.1) is 0 Å². The third-order valence-corrected chi connectivity index (χ3v) is 3.57. The second-order valence-corrected chi connectivity index (χ2v) is 5.14. The number of anilines is 1. The number of para-hydroxylation sites is 1. The monoisotopic (exact) mass is 286 g/mol. The molecule has 0 unspecified atom stereocenters. The average molecular weight is 286 g/mol. The lowest BCUT2D eigenvalue weighted by Crippen LogP contribution is -1.93. The molecule has 0 saturated carbocycles. The van der Waals surface area contributed by atoms with Crippen molar-refractivity contribution in [2.45, 2.75) is 6.92 Å². The van der Waals surface area contributed by atoms with Crippen LogP contribution < -0.4 is 5.43 Å². The van der Waals surface area contributed by atoms with Crippen molar-refractivity contribution < 1.29 is 0 Å². The van der Waals surface area contributed by atoms with Gasteiger partial charge in [0.1, 0.15) is 0 Å². The summed E-state index contributed by atoms with van der Waals surface area (Å²) in [5.41, 5.74) is 8.83. The predicted octanol–water partition coefficient (Wildman–Crippen LogP) is 5.11. The molecule has 22 heavy (non-hydrogen) atoms. The molecule has 2 nitrogen and oxygen atoms in total. The summed E-state index contributed by atoms with van der Waals surface area (Å²) in [6, 6.07) is 26.7. The highest BCUT2D eigenvalue weighted by molar-refractivity contribution is 5.91. The fourth-order valence-corrected chi connectivity index (χ4v) is 2.42. The van der Waals surface area contributed by atoms with Gasteiger partial charge < -0.3 is 0 Å². The number of hydrazone groups is 1. The molecule has 3 rings (SSSR count). The lowest BCUT2D eigenvalue weighted by Gasteiger charge is -2.09. The zero-order chi connectivity index (χ0) is 15.2. The molecule has 0 spiro atoms. The Morgan fingerprint density at radius 2 is 1.36 bits per heavy atom. The van der Waals surface area contributed by atoms with Gasteiger partial charge >= 0.3 is 0 Å². The normalized spacial score (nSPS) is 10.8. The highest BCUT2D eigenvalue weighted by Crippen LogP contribution is 2.25. The molecular weight excluding hydrogens is 268 g/mol. The molecule has 3 aromatic carbocycles. The topological polar surface area (TPSA) is 24.4 Å². The minimum absolute atomic E-state index is 0.979. The van der Waals surface area contributed by atoms with Crippen LogP contribution >= 0.6 is 0 Å². The van der Waals surface area contributed by atoms with Gasteiger partial charge in [-0.3, -0.25) is 5.43 Å². The Bertz CT molecular complexity index is 776. The highest BCUT2D eigenvalue weighted by Gasteiger charge is 2.04. The minimum Gasteiger partial charge on any atom is -0.279 e. The van der Waals surface area contributed by atoms with Crippen LogP contribution in [0.1, 0.15) is 11.1 Å². The quantitative estimate of drug-likeness (QED) is 0.523. The van der Waals surface area contributed by atoms with E-state index in [9.17, 15) is 0 Å². The molecule has 0 aliphatic carbocycles. The summed E-state index contributed by atoms with van der Waals surface area (Å²) in [6.45, 7) is 2.13. The van der Waals surface area contributed by atoms with Crippen LogP contribution in [-0.4, -0.2) is 6.21 Å². The molecule has 108 valence electrons. The first-order valence-electron chi connectivity index (χ1n) is 7.34. The Morgan fingerprint density at radius 3 is 2.14 bits per heavy atom. The second kappa shape index (κ2) is 6.72. The number of hydrogen-bond acceptors (Lipinski definition) is 2. The Hall–Kier alpha value is -2.87. The molecular formula is C20H18N2. The zero-order valence-corrected chi connectivity index (χ0v) is 12.5. The van der Waals surface area contributed by atoms with Crippen LogP contribution in [0.2, 0.25) is 0 Å². The average Bonchev–Trinajstić information content (AvgIpc) is 2.57. The third kappa shape index (κ3) is 3.23. The molecule has 0 fully saturated rings. The van der Waals surface area contributed by atoms with E-state index >= 15 is 0 Å². The van der Waals surface area contributed by atoms with Crippen molar-refractivity contribution in [1.82, 2.24) is 0 Å². The van der Waals surface area contributed by atoms with Gasteiger partial charge in [0, 0.05) is 5.56 Å². The van der Waals surface area contributed by atoms with Gasteiger partial charge in [-0.25, -0.2) is 0 Å². The van der Waals surface area contributed by atoms with E-state index in [0.29, 0.717) is 0 Å². The lowest BCUT2D eigenvalue weighted by atomic mass is 9.97. The highest BCUT2D eigenvalue weighted by atomic mass is 15.3. The van der Waals surface area contributed by atoms with Gasteiger partial charge in [0.2, 0.25) is 0 Å². The van der Waals surface area contributed by atoms with Gasteiger partial charge in [-0.2, -0.15) is 5.10 Å². The summed E-state index contributed by atoms with van der Waals surface area (Å²) in [5, 5.41) is 4.35. The van der Waals surface area contributed by atoms with Crippen molar-refractivity contribution in [1.29, 1.82) is 0 Å². The first kappa shape index (κ1) is 14.1. The summed E-state index contributed by atoms with van der Waals surface area (Å²) >= 11 is 0. The number of aryl methyl sites for hydroxylation is 1. The van der Waals surface area contributed by atoms with Gasteiger partial charge in [-0.1, -0.05) is 66.7 Å². The van der Waals surface area contributed by atoms with Crippen LogP contribution in [0.4, 0.5) is 5.69 Å². The van der Waals surface area contributed by atoms with Gasteiger partial charge in [0.15, 0.2) is 0 Å². The van der Waals surface area contributed by atoms with E-state index in [1.807, 2.05) is 42.6 Å². The van der Waals surface area contributed by atoms with Crippen LogP contribution in [0, 0.1) is 6.92 Å². The lowest BCUT2D eigenvalue weighted by molar-refractivity contribution is 1.35. The first-order chi connectivity index (χ1) is 10.8. The van der Waals surface area contributed by atoms with Crippen LogP contribution in [0.15, 0.2) is 84.0 Å². The summed E-state index contributed by atoms with van der Waals surface area (Å²) in [4.78, 5) is 0. The molecule has 0 heterocycles. The third-order valence-electron chi connectivity index (χ3n) is 3.57. The smallest absolute Gasteiger partial charge is 0.0561 e. The molecule has 3 aromatic rings. The van der Waals surface area contributed by atoms with E-state index in [1.165, 1.54) is 16.7 Å². The van der Waals surface area contributed by atoms with Gasteiger partial charge in [0.05, 0.1) is 11.9 Å². The fourth-order valence-electron chi connectivity index (χ4n) is 2.42. The Balaban J connectivity index is 1.87. The van der Waals surface area contributed by atoms with E-state index < -0.39 is 0 Å². The number of hydrogen-bond donors (Lipinski definition) is 1. The van der Waals surface area contributed by atoms with Crippen LogP contribution in [0.3, 0.4) is 0 Å². The predicted molar refractivity (Wildman–Crippen MR) is 94.3 cm³/mol. The maximum absolute atomic E-state index is 4.35. The van der Waals surface area contributed by atoms with Crippen molar-refractivity contribution in [2.24, 2.45) is 5.10 Å². The first-order valence-corrected chi connectivity index (χ1v) is 7.34. The minimum atomic E-state index is 0.979. The fraction of sp³-hybridized carbons (Fsp3) is 0.0500. The standard InChI is InChI=1S/C20H18N2/c1-16-9-5-7-13-19(16)20-14-8-6-10-17(20)15-21-22-18-11-3-2-4-12-18/h2-15,22H,1H3. The molecule has 0 bridgehead atoms. The SMILES string of the molecule is Cc1ccccc1-c1ccccc1C=NNc1ccccc1. The van der Waals surface area contributed by atoms with Crippen molar-refractivity contribution in [2.75, 3.05) is 5.43 Å². The van der Waals surface area contributed by atoms with Crippen LogP contribution in [-0.2, 0) is 0 Å². The van der Waals surface area contributed by atoms with E-state index in [1.54, 1.807) is 0 Å². The maximum atomic E-state index is 4.35. The number of benzene rings is 3. The molecule has 0 amide bonds. The maximum Gasteiger partial charge on any atom is 0.0561 e. The van der Waals surface area contributed by atoms with Gasteiger partial charge in [0.25, 0.3) is 0 Å². The van der Waals surface area contributed by atoms with Crippen molar-refractivity contribution >= 4 is 11.9 Å². The van der Waals surface area contributed by atoms with Crippen molar-refractivity contribution in [3.63, 3.8) is 0 Å². The number of rotatable bonds is 4. The molecule has 0 aromatic heterocycles. The summed E-state index contributed by atoms with van der Waals surface area (Å²) < 4.78 is 0. The summed E-state index contributed by atoms with van der Waals surface area (Å²) in [5.74, 6) is 0. The molecule has 0 aliphatic rings. The molecule has 0 aliphatic heterocycles. The summed E-state index contributed by atoms with van der Waals surface area (Å²) in [7, 11) is 0. The zero-order valence-electron chi connectivity index (χ0n) is 12.5. The largest absolute Gasteiger partial charge is 0.279 e. The molecule has 1 N–H and O–H groups in total. The van der Waals surface area contributed by atoms with Crippen molar-refractivity contribution in [3.05, 3.63) is 90.0 Å². The van der Waals surface area contributed by atoms with E-state index in [-0.39, 0.29) is 0 Å². The Labute approximate surface area is 131 Å². The summed E-state index contributed by atoms with van der Waals surface area (Å²) in [6.07, 6.45) is 1.87. The number of nitrogens with zero attached hydrogens (tertiary/aromatic N) is 1. The Morgan fingerprint density at radius 1 is 0.727 bits per heavy atom. The molecule has 0 saturated heterocycles. The molecule has 0 atom stereocenters. The molecule has 0 radical (unpaired) electrons. The van der Waals surface area contributed by atoms with Gasteiger partial charge in [-0.05, 0) is 35.7 Å². The van der Waals surface area contributed by atoms with Crippen LogP contribution in [0.5, 0.6) is 0 Å². The van der Waals surface area contributed by atoms with E-state index in [4.69, 9.17) is 0 Å².